The van der Waals surface area contributed by atoms with Gasteiger partial charge in [0, 0.05) is 13.2 Å². The highest BCUT2D eigenvalue weighted by atomic mass is 16.6. The van der Waals surface area contributed by atoms with Gasteiger partial charge in [-0.25, -0.2) is 4.79 Å². The van der Waals surface area contributed by atoms with Crippen molar-refractivity contribution < 1.29 is 19.8 Å². The molecule has 0 aromatic rings. The van der Waals surface area contributed by atoms with Crippen LogP contribution >= 0.6 is 0 Å². The van der Waals surface area contributed by atoms with Crippen LogP contribution in [0.4, 0.5) is 4.79 Å². The molecular weight excluding hydrogens is 186 g/mol. The second kappa shape index (κ2) is 5.17. The fourth-order valence-electron chi connectivity index (χ4n) is 1.76. The van der Waals surface area contributed by atoms with Crippen LogP contribution in [-0.4, -0.2) is 40.7 Å². The number of ether oxygens (including phenoxy) is 1. The van der Waals surface area contributed by atoms with Gasteiger partial charge in [0.25, 0.3) is 0 Å². The SMILES string of the molecule is C[C@@H](CC1CCCOC1)N(O)C(=O)O. The Bertz CT molecular complexity index is 191. The van der Waals surface area contributed by atoms with Gasteiger partial charge in [-0.1, -0.05) is 0 Å². The maximum Gasteiger partial charge on any atom is 0.431 e. The Hall–Kier alpha value is -0.810. The number of hydrogen-bond donors (Lipinski definition) is 2. The van der Waals surface area contributed by atoms with E-state index in [1.165, 1.54) is 0 Å². The summed E-state index contributed by atoms with van der Waals surface area (Å²) >= 11 is 0. The molecule has 14 heavy (non-hydrogen) atoms. The van der Waals surface area contributed by atoms with Gasteiger partial charge in [-0.2, -0.15) is 5.06 Å². The van der Waals surface area contributed by atoms with Crippen molar-refractivity contribution >= 4 is 6.09 Å². The summed E-state index contributed by atoms with van der Waals surface area (Å²) < 4.78 is 5.28. The largest absolute Gasteiger partial charge is 0.463 e. The van der Waals surface area contributed by atoms with Crippen LogP contribution in [0.2, 0.25) is 0 Å². The summed E-state index contributed by atoms with van der Waals surface area (Å²) in [6.07, 6.45) is 1.44. The first kappa shape index (κ1) is 11.3. The Morgan fingerprint density at radius 2 is 2.43 bits per heavy atom. The van der Waals surface area contributed by atoms with E-state index >= 15 is 0 Å². The molecule has 1 heterocycles. The van der Waals surface area contributed by atoms with Gasteiger partial charge in [0.2, 0.25) is 0 Å². The van der Waals surface area contributed by atoms with Gasteiger partial charge >= 0.3 is 6.09 Å². The van der Waals surface area contributed by atoms with Crippen LogP contribution in [0, 0.1) is 5.92 Å². The maximum atomic E-state index is 10.4. The fraction of sp³-hybridized carbons (Fsp3) is 0.889. The molecule has 1 fully saturated rings. The minimum absolute atomic E-state index is 0.362. The van der Waals surface area contributed by atoms with Gasteiger partial charge in [0.05, 0.1) is 6.04 Å². The molecule has 0 bridgehead atoms. The van der Waals surface area contributed by atoms with Crippen molar-refractivity contribution in [2.45, 2.75) is 32.2 Å². The minimum atomic E-state index is -1.30. The maximum absolute atomic E-state index is 10.4. The molecule has 5 nitrogen and oxygen atoms in total. The van der Waals surface area contributed by atoms with Gasteiger partial charge in [-0.05, 0) is 32.1 Å². The third kappa shape index (κ3) is 3.16. The van der Waals surface area contributed by atoms with Crippen molar-refractivity contribution in [3.8, 4) is 0 Å². The van der Waals surface area contributed by atoms with E-state index in [0.717, 1.165) is 19.4 Å². The van der Waals surface area contributed by atoms with E-state index in [1.807, 2.05) is 0 Å². The molecule has 0 saturated carbocycles. The van der Waals surface area contributed by atoms with Crippen molar-refractivity contribution in [1.29, 1.82) is 0 Å². The van der Waals surface area contributed by atoms with Crippen LogP contribution in [0.3, 0.4) is 0 Å². The Labute approximate surface area is 83.2 Å². The molecule has 0 spiro atoms. The zero-order valence-electron chi connectivity index (χ0n) is 8.35. The number of rotatable bonds is 3. The molecule has 2 atom stereocenters. The molecule has 0 aromatic carbocycles. The highest BCUT2D eigenvalue weighted by molar-refractivity contribution is 5.63. The second-order valence-corrected chi connectivity index (χ2v) is 3.80. The molecule has 82 valence electrons. The molecule has 1 aliphatic rings. The number of amides is 1. The lowest BCUT2D eigenvalue weighted by molar-refractivity contribution is -0.100. The van der Waals surface area contributed by atoms with Crippen LogP contribution in [0.1, 0.15) is 26.2 Å². The average molecular weight is 203 g/mol. The first-order valence-corrected chi connectivity index (χ1v) is 4.90. The van der Waals surface area contributed by atoms with E-state index < -0.39 is 6.09 Å². The number of carboxylic acid groups (broad SMARTS) is 1. The fourth-order valence-corrected chi connectivity index (χ4v) is 1.76. The summed E-state index contributed by atoms with van der Waals surface area (Å²) in [6.45, 7) is 3.17. The van der Waals surface area contributed by atoms with Gasteiger partial charge < -0.3 is 9.84 Å². The summed E-state index contributed by atoms with van der Waals surface area (Å²) in [6, 6.07) is -0.362. The number of nitrogens with zero attached hydrogens (tertiary/aromatic N) is 1. The zero-order chi connectivity index (χ0) is 10.6. The molecule has 1 saturated heterocycles. The normalized spacial score (nSPS) is 24.3. The lowest BCUT2D eigenvalue weighted by atomic mass is 9.95. The van der Waals surface area contributed by atoms with Gasteiger partial charge in [-0.15, -0.1) is 0 Å². The van der Waals surface area contributed by atoms with E-state index in [-0.39, 0.29) is 6.04 Å². The molecule has 0 aromatic heterocycles. The zero-order valence-corrected chi connectivity index (χ0v) is 8.35. The highest BCUT2D eigenvalue weighted by Crippen LogP contribution is 2.20. The lowest BCUT2D eigenvalue weighted by Gasteiger charge is -2.27. The predicted octanol–water partition coefficient (Wildman–Crippen LogP) is 1.56. The number of carbonyl (C=O) groups is 1. The Balaban J connectivity index is 2.31. The van der Waals surface area contributed by atoms with Crippen molar-refractivity contribution in [1.82, 2.24) is 5.06 Å². The minimum Gasteiger partial charge on any atom is -0.463 e. The summed E-state index contributed by atoms with van der Waals surface area (Å²) in [7, 11) is 0. The third-order valence-corrected chi connectivity index (χ3v) is 2.54. The molecule has 1 rings (SSSR count). The predicted molar refractivity (Wildman–Crippen MR) is 49.3 cm³/mol. The number of hydrogen-bond acceptors (Lipinski definition) is 3. The molecule has 1 amide bonds. The van der Waals surface area contributed by atoms with Crippen LogP contribution in [0.5, 0.6) is 0 Å². The topological polar surface area (TPSA) is 70.0 Å². The quantitative estimate of drug-likeness (QED) is 0.539. The monoisotopic (exact) mass is 203 g/mol. The molecule has 0 aliphatic carbocycles. The van der Waals surface area contributed by atoms with Crippen LogP contribution in [0.25, 0.3) is 0 Å². The van der Waals surface area contributed by atoms with Crippen molar-refractivity contribution in [2.75, 3.05) is 13.2 Å². The Kier molecular flexibility index (Phi) is 4.16. The van der Waals surface area contributed by atoms with Crippen LogP contribution in [-0.2, 0) is 4.74 Å². The van der Waals surface area contributed by atoms with Gasteiger partial charge in [0.1, 0.15) is 0 Å². The van der Waals surface area contributed by atoms with E-state index in [1.54, 1.807) is 6.92 Å². The van der Waals surface area contributed by atoms with E-state index in [4.69, 9.17) is 15.1 Å². The van der Waals surface area contributed by atoms with Crippen LogP contribution in [0.15, 0.2) is 0 Å². The standard InChI is InChI=1S/C9H17NO4/c1-7(10(13)9(11)12)5-8-3-2-4-14-6-8/h7-8,13H,2-6H2,1H3,(H,11,12)/t7-,8?/m0/s1. The lowest BCUT2D eigenvalue weighted by Crippen LogP contribution is -2.37. The van der Waals surface area contributed by atoms with Gasteiger partial charge in [0.15, 0.2) is 0 Å². The van der Waals surface area contributed by atoms with E-state index in [0.29, 0.717) is 24.0 Å². The third-order valence-electron chi connectivity index (χ3n) is 2.54. The van der Waals surface area contributed by atoms with Crippen LogP contribution < -0.4 is 0 Å². The summed E-state index contributed by atoms with van der Waals surface area (Å²) in [5.41, 5.74) is 0. The molecule has 1 unspecified atom stereocenters. The highest BCUT2D eigenvalue weighted by Gasteiger charge is 2.22. The molecular formula is C9H17NO4. The van der Waals surface area contributed by atoms with E-state index in [2.05, 4.69) is 0 Å². The average Bonchev–Trinajstić information content (AvgIpc) is 2.18. The number of hydroxylamine groups is 2. The smallest absolute Gasteiger partial charge is 0.431 e. The molecule has 1 aliphatic heterocycles. The Morgan fingerprint density at radius 1 is 1.71 bits per heavy atom. The molecule has 5 heteroatoms. The summed E-state index contributed by atoms with van der Waals surface area (Å²) in [4.78, 5) is 10.4. The van der Waals surface area contributed by atoms with Crippen molar-refractivity contribution in [2.24, 2.45) is 5.92 Å². The van der Waals surface area contributed by atoms with E-state index in [9.17, 15) is 4.79 Å². The molecule has 2 N–H and O–H groups in total. The first-order valence-electron chi connectivity index (χ1n) is 4.90. The molecule has 0 radical (unpaired) electrons. The van der Waals surface area contributed by atoms with Crippen molar-refractivity contribution in [3.63, 3.8) is 0 Å². The van der Waals surface area contributed by atoms with Crippen molar-refractivity contribution in [3.05, 3.63) is 0 Å². The summed E-state index contributed by atoms with van der Waals surface area (Å²) in [5.74, 6) is 0.368. The Morgan fingerprint density at radius 3 is 2.93 bits per heavy atom. The first-order chi connectivity index (χ1) is 6.61. The second-order valence-electron chi connectivity index (χ2n) is 3.80. The van der Waals surface area contributed by atoms with Gasteiger partial charge in [-0.3, -0.25) is 5.21 Å². The summed E-state index contributed by atoms with van der Waals surface area (Å²) in [5, 5.41) is 18.0.